The summed E-state index contributed by atoms with van der Waals surface area (Å²) in [6, 6.07) is 1.98. The fourth-order valence-electron chi connectivity index (χ4n) is 1.21. The number of rotatable bonds is 7. The quantitative estimate of drug-likeness (QED) is 0.497. The molecule has 0 fully saturated rings. The van der Waals surface area contributed by atoms with Gasteiger partial charge in [0.1, 0.15) is 0 Å². The summed E-state index contributed by atoms with van der Waals surface area (Å²) >= 11 is 0. The fraction of sp³-hybridized carbons (Fsp3) is 0.800. The SMILES string of the molecule is CCOC(=O)CCP(=O)(CC)CCC#N. The van der Waals surface area contributed by atoms with Crippen LogP contribution in [0.5, 0.6) is 0 Å². The summed E-state index contributed by atoms with van der Waals surface area (Å²) in [5.41, 5.74) is 0. The summed E-state index contributed by atoms with van der Waals surface area (Å²) in [7, 11) is -2.32. The lowest BCUT2D eigenvalue weighted by Gasteiger charge is -2.13. The first-order chi connectivity index (χ1) is 7.08. The highest BCUT2D eigenvalue weighted by Gasteiger charge is 2.20. The largest absolute Gasteiger partial charge is 0.466 e. The number of carbonyl (C=O) groups is 1. The summed E-state index contributed by atoms with van der Waals surface area (Å²) in [6.07, 6.45) is 1.83. The van der Waals surface area contributed by atoms with Gasteiger partial charge in [0.15, 0.2) is 0 Å². The average molecular weight is 231 g/mol. The van der Waals surface area contributed by atoms with E-state index in [9.17, 15) is 9.36 Å². The van der Waals surface area contributed by atoms with Gasteiger partial charge >= 0.3 is 5.97 Å². The van der Waals surface area contributed by atoms with Crippen LogP contribution >= 0.6 is 7.14 Å². The first-order valence-electron chi connectivity index (χ1n) is 5.17. The molecule has 1 unspecified atom stereocenters. The molecule has 0 aliphatic rings. The molecule has 0 saturated heterocycles. The highest BCUT2D eigenvalue weighted by atomic mass is 31.2. The Balaban J connectivity index is 4.04. The monoisotopic (exact) mass is 231 g/mol. The molecule has 0 heterocycles. The van der Waals surface area contributed by atoms with Crippen LogP contribution in [0.15, 0.2) is 0 Å². The number of esters is 1. The Labute approximate surface area is 91.0 Å². The van der Waals surface area contributed by atoms with Crippen LogP contribution in [-0.2, 0) is 14.1 Å². The lowest BCUT2D eigenvalue weighted by Crippen LogP contribution is -2.08. The molecule has 0 aliphatic carbocycles. The van der Waals surface area contributed by atoms with E-state index < -0.39 is 7.14 Å². The van der Waals surface area contributed by atoms with E-state index in [-0.39, 0.29) is 12.4 Å². The molecule has 0 saturated carbocycles. The number of nitriles is 1. The predicted octanol–water partition coefficient (Wildman–Crippen LogP) is 2.24. The third kappa shape index (κ3) is 6.30. The number of hydrogen-bond donors (Lipinski definition) is 0. The highest BCUT2D eigenvalue weighted by Crippen LogP contribution is 2.46. The Hall–Kier alpha value is -0.810. The van der Waals surface area contributed by atoms with Gasteiger partial charge in [-0.15, -0.1) is 0 Å². The van der Waals surface area contributed by atoms with E-state index >= 15 is 0 Å². The second-order valence-corrected chi connectivity index (χ2v) is 6.93. The minimum atomic E-state index is -2.32. The van der Waals surface area contributed by atoms with E-state index in [0.717, 1.165) is 0 Å². The van der Waals surface area contributed by atoms with Gasteiger partial charge in [-0.25, -0.2) is 0 Å². The van der Waals surface area contributed by atoms with E-state index in [0.29, 0.717) is 31.5 Å². The summed E-state index contributed by atoms with van der Waals surface area (Å²) in [5, 5.41) is 8.42. The molecule has 0 aromatic carbocycles. The van der Waals surface area contributed by atoms with Gasteiger partial charge in [0.2, 0.25) is 0 Å². The molecule has 86 valence electrons. The normalized spacial score (nSPS) is 13.9. The molecule has 4 nitrogen and oxygen atoms in total. The van der Waals surface area contributed by atoms with Crippen molar-refractivity contribution in [3.8, 4) is 6.07 Å². The van der Waals surface area contributed by atoms with Crippen molar-refractivity contribution in [1.29, 1.82) is 5.26 Å². The van der Waals surface area contributed by atoms with Crippen LogP contribution in [0, 0.1) is 11.3 Å². The molecule has 0 rings (SSSR count). The standard InChI is InChI=1S/C10H18NO3P/c1-3-14-10(12)6-9-15(13,4-2)8-5-7-11/h3-6,8-9H2,1-2H3. The zero-order chi connectivity index (χ0) is 11.7. The molecule has 0 aliphatic heterocycles. The molecule has 15 heavy (non-hydrogen) atoms. The third-order valence-corrected chi connectivity index (χ3v) is 5.47. The van der Waals surface area contributed by atoms with Gasteiger partial charge in [0.05, 0.1) is 26.2 Å². The molecule has 0 N–H and O–H groups in total. The van der Waals surface area contributed by atoms with E-state index in [1.165, 1.54) is 0 Å². The summed E-state index contributed by atoms with van der Waals surface area (Å²) in [6.45, 7) is 3.93. The zero-order valence-corrected chi connectivity index (χ0v) is 10.3. The first-order valence-corrected chi connectivity index (χ1v) is 7.44. The van der Waals surface area contributed by atoms with Crippen molar-refractivity contribution in [1.82, 2.24) is 0 Å². The van der Waals surface area contributed by atoms with Crippen LogP contribution in [0.4, 0.5) is 0 Å². The third-order valence-electron chi connectivity index (χ3n) is 2.24. The van der Waals surface area contributed by atoms with E-state index in [4.69, 9.17) is 10.00 Å². The smallest absolute Gasteiger partial charge is 0.306 e. The second-order valence-electron chi connectivity index (χ2n) is 3.28. The molecule has 0 spiro atoms. The molecule has 0 bridgehead atoms. The minimum Gasteiger partial charge on any atom is -0.466 e. The van der Waals surface area contributed by atoms with Gasteiger partial charge in [-0.05, 0) is 13.1 Å². The first kappa shape index (κ1) is 14.2. The molecule has 0 aromatic rings. The lowest BCUT2D eigenvalue weighted by molar-refractivity contribution is -0.142. The van der Waals surface area contributed by atoms with Gasteiger partial charge < -0.3 is 9.30 Å². The van der Waals surface area contributed by atoms with E-state index in [1.807, 2.05) is 13.0 Å². The number of carbonyl (C=O) groups excluding carboxylic acids is 1. The Morgan fingerprint density at radius 2 is 2.07 bits per heavy atom. The van der Waals surface area contributed by atoms with E-state index in [1.54, 1.807) is 6.92 Å². The van der Waals surface area contributed by atoms with Gasteiger partial charge in [-0.3, -0.25) is 4.79 Å². The van der Waals surface area contributed by atoms with Crippen LogP contribution < -0.4 is 0 Å². The van der Waals surface area contributed by atoms with Crippen LogP contribution in [0.1, 0.15) is 26.7 Å². The lowest BCUT2D eigenvalue weighted by atomic mass is 10.5. The predicted molar refractivity (Wildman–Crippen MR) is 59.4 cm³/mol. The number of ether oxygens (including phenoxy) is 1. The molecule has 1 atom stereocenters. The Morgan fingerprint density at radius 1 is 1.40 bits per heavy atom. The Kier molecular flexibility index (Phi) is 7.07. The Morgan fingerprint density at radius 3 is 2.53 bits per heavy atom. The van der Waals surface area contributed by atoms with Crippen molar-refractivity contribution in [2.75, 3.05) is 25.1 Å². The van der Waals surface area contributed by atoms with Crippen molar-refractivity contribution < 1.29 is 14.1 Å². The number of nitrogens with zero attached hydrogens (tertiary/aromatic N) is 1. The molecule has 0 aromatic heterocycles. The van der Waals surface area contributed by atoms with Crippen molar-refractivity contribution in [2.24, 2.45) is 0 Å². The maximum absolute atomic E-state index is 12.1. The fourth-order valence-corrected chi connectivity index (χ4v) is 3.16. The average Bonchev–Trinajstić information content (AvgIpc) is 2.24. The van der Waals surface area contributed by atoms with Gasteiger partial charge in [0.25, 0.3) is 0 Å². The summed E-state index contributed by atoms with van der Waals surface area (Å²) in [5.74, 6) is -0.303. The Bertz CT molecular complexity index is 283. The summed E-state index contributed by atoms with van der Waals surface area (Å²) < 4.78 is 16.9. The highest BCUT2D eigenvalue weighted by molar-refractivity contribution is 7.63. The van der Waals surface area contributed by atoms with E-state index in [2.05, 4.69) is 0 Å². The van der Waals surface area contributed by atoms with Crippen LogP contribution in [0.3, 0.4) is 0 Å². The maximum atomic E-state index is 12.1. The van der Waals surface area contributed by atoms with Gasteiger partial charge in [-0.2, -0.15) is 5.26 Å². The molecular formula is C10H18NO3P. The van der Waals surface area contributed by atoms with Gasteiger partial charge in [-0.1, -0.05) is 6.92 Å². The maximum Gasteiger partial charge on any atom is 0.306 e. The molecule has 0 amide bonds. The minimum absolute atomic E-state index is 0.199. The summed E-state index contributed by atoms with van der Waals surface area (Å²) in [4.78, 5) is 11.1. The zero-order valence-electron chi connectivity index (χ0n) is 9.36. The molecular weight excluding hydrogens is 213 g/mol. The molecule has 0 radical (unpaired) electrons. The molecule has 5 heteroatoms. The van der Waals surface area contributed by atoms with Crippen molar-refractivity contribution >= 4 is 13.1 Å². The number of hydrogen-bond acceptors (Lipinski definition) is 4. The van der Waals surface area contributed by atoms with Crippen LogP contribution in [0.2, 0.25) is 0 Å². The van der Waals surface area contributed by atoms with Crippen molar-refractivity contribution in [2.45, 2.75) is 26.7 Å². The van der Waals surface area contributed by atoms with Crippen molar-refractivity contribution in [3.05, 3.63) is 0 Å². The van der Waals surface area contributed by atoms with Crippen LogP contribution in [0.25, 0.3) is 0 Å². The second kappa shape index (κ2) is 7.48. The van der Waals surface area contributed by atoms with Gasteiger partial charge in [0, 0.05) is 18.7 Å². The topological polar surface area (TPSA) is 67.2 Å². The van der Waals surface area contributed by atoms with Crippen LogP contribution in [-0.4, -0.2) is 31.1 Å². The van der Waals surface area contributed by atoms with Crippen molar-refractivity contribution in [3.63, 3.8) is 0 Å².